The van der Waals surface area contributed by atoms with Crippen LogP contribution in [0.4, 0.5) is 0 Å². The summed E-state index contributed by atoms with van der Waals surface area (Å²) in [5, 5.41) is 0. The molecule has 1 aliphatic carbocycles. The number of hydrogen-bond acceptors (Lipinski definition) is 0. The second-order valence-electron chi connectivity index (χ2n) is 11.3. The number of fused-ring (bicyclic) bond motifs is 3. The van der Waals surface area contributed by atoms with Crippen LogP contribution in [0.3, 0.4) is 0 Å². The highest BCUT2D eigenvalue weighted by Crippen LogP contribution is 2.54. The molecule has 0 saturated carbocycles. The predicted octanol–water partition coefficient (Wildman–Crippen LogP) is 9.62. The highest BCUT2D eigenvalue weighted by Gasteiger charge is 2.41. The van der Waals surface area contributed by atoms with Crippen molar-refractivity contribution >= 4 is 0 Å². The lowest BCUT2D eigenvalue weighted by Gasteiger charge is -2.36. The van der Waals surface area contributed by atoms with E-state index in [0.29, 0.717) is 5.92 Å². The van der Waals surface area contributed by atoms with Crippen LogP contribution in [0.2, 0.25) is 0 Å². The number of hydrogen-bond donors (Lipinski definition) is 0. The fourth-order valence-corrected chi connectivity index (χ4v) is 6.54. The second kappa shape index (κ2) is 8.79. The lowest BCUT2D eigenvalue weighted by Crippen LogP contribution is -2.28. The molecule has 1 unspecified atom stereocenters. The molecule has 0 saturated heterocycles. The highest BCUT2D eigenvalue weighted by molar-refractivity contribution is 5.83. The molecule has 0 aliphatic heterocycles. The van der Waals surface area contributed by atoms with E-state index >= 15 is 0 Å². The monoisotopic (exact) mass is 438 g/mol. The van der Waals surface area contributed by atoms with Crippen molar-refractivity contribution in [3.8, 4) is 11.1 Å². The molecule has 1 atom stereocenters. The Balaban J connectivity index is 1.91. The summed E-state index contributed by atoms with van der Waals surface area (Å²) in [6.45, 7) is 19.0. The molecule has 174 valence electrons. The number of benzene rings is 3. The topological polar surface area (TPSA) is 0 Å². The standard InChI is InChI=1S/C33H42/c1-9-11-14-24(10-2)25-19-17-22(3)29(21-25)33(7,8)30-23(4)18-20-27-26-15-12-13-16-28(26)32(5,6)31(27)30/h12-13,15-21,24H,9-11,14H2,1-8H3. The molecule has 0 amide bonds. The van der Waals surface area contributed by atoms with Gasteiger partial charge in [0.15, 0.2) is 0 Å². The van der Waals surface area contributed by atoms with E-state index in [1.165, 1.54) is 75.8 Å². The van der Waals surface area contributed by atoms with Crippen LogP contribution in [-0.2, 0) is 10.8 Å². The molecule has 0 radical (unpaired) electrons. The Hall–Kier alpha value is -2.34. The van der Waals surface area contributed by atoms with E-state index in [1.54, 1.807) is 0 Å². The zero-order valence-corrected chi connectivity index (χ0v) is 22.1. The van der Waals surface area contributed by atoms with Gasteiger partial charge in [-0.2, -0.15) is 0 Å². The van der Waals surface area contributed by atoms with Gasteiger partial charge in [-0.15, -0.1) is 0 Å². The van der Waals surface area contributed by atoms with Gasteiger partial charge >= 0.3 is 0 Å². The van der Waals surface area contributed by atoms with E-state index in [1.807, 2.05) is 0 Å². The Labute approximate surface area is 202 Å². The summed E-state index contributed by atoms with van der Waals surface area (Å²) >= 11 is 0. The normalized spacial score (nSPS) is 15.3. The molecule has 0 nitrogen and oxygen atoms in total. The molecular formula is C33H42. The van der Waals surface area contributed by atoms with Crippen molar-refractivity contribution in [1.29, 1.82) is 0 Å². The van der Waals surface area contributed by atoms with Crippen LogP contribution in [0.15, 0.2) is 54.6 Å². The molecule has 0 N–H and O–H groups in total. The first-order chi connectivity index (χ1) is 15.6. The Kier molecular flexibility index (Phi) is 6.34. The van der Waals surface area contributed by atoms with E-state index in [2.05, 4.69) is 110 Å². The summed E-state index contributed by atoms with van der Waals surface area (Å²) in [5.74, 6) is 0.656. The molecule has 0 spiro atoms. The van der Waals surface area contributed by atoms with Gasteiger partial charge in [0, 0.05) is 10.8 Å². The molecule has 3 aromatic carbocycles. The molecule has 0 bridgehead atoms. The molecule has 0 heterocycles. The van der Waals surface area contributed by atoms with E-state index in [0.717, 1.165) is 0 Å². The van der Waals surface area contributed by atoms with Crippen LogP contribution in [0.25, 0.3) is 11.1 Å². The zero-order valence-electron chi connectivity index (χ0n) is 22.1. The van der Waals surface area contributed by atoms with Crippen molar-refractivity contribution in [1.82, 2.24) is 0 Å². The van der Waals surface area contributed by atoms with Gasteiger partial charge in [-0.25, -0.2) is 0 Å². The van der Waals surface area contributed by atoms with E-state index in [4.69, 9.17) is 0 Å². The van der Waals surface area contributed by atoms with Gasteiger partial charge in [-0.05, 0) is 82.7 Å². The first-order valence-electron chi connectivity index (χ1n) is 13.0. The van der Waals surface area contributed by atoms with Crippen molar-refractivity contribution < 1.29 is 0 Å². The van der Waals surface area contributed by atoms with Crippen LogP contribution < -0.4 is 0 Å². The van der Waals surface area contributed by atoms with Crippen molar-refractivity contribution in [3.05, 3.63) is 93.5 Å². The maximum atomic E-state index is 2.55. The maximum absolute atomic E-state index is 2.55. The third-order valence-corrected chi connectivity index (χ3v) is 8.36. The summed E-state index contributed by atoms with van der Waals surface area (Å²) in [4.78, 5) is 0. The lowest BCUT2D eigenvalue weighted by atomic mass is 9.67. The Morgan fingerprint density at radius 3 is 2.24 bits per heavy atom. The molecule has 0 fully saturated rings. The Morgan fingerprint density at radius 2 is 1.55 bits per heavy atom. The molecule has 1 aliphatic rings. The molecule has 33 heavy (non-hydrogen) atoms. The quantitative estimate of drug-likeness (QED) is 0.344. The van der Waals surface area contributed by atoms with Crippen molar-refractivity contribution in [2.24, 2.45) is 0 Å². The summed E-state index contributed by atoms with van der Waals surface area (Å²) in [6.07, 6.45) is 5.08. The van der Waals surface area contributed by atoms with Crippen LogP contribution in [-0.4, -0.2) is 0 Å². The minimum absolute atomic E-state index is 0.00312. The van der Waals surface area contributed by atoms with Gasteiger partial charge in [0.1, 0.15) is 0 Å². The summed E-state index contributed by atoms with van der Waals surface area (Å²) in [5.41, 5.74) is 13.1. The van der Waals surface area contributed by atoms with Gasteiger partial charge in [-0.3, -0.25) is 0 Å². The Bertz CT molecular complexity index is 1160. The van der Waals surface area contributed by atoms with E-state index in [-0.39, 0.29) is 10.8 Å². The van der Waals surface area contributed by atoms with Gasteiger partial charge in [0.2, 0.25) is 0 Å². The van der Waals surface area contributed by atoms with Gasteiger partial charge in [-0.1, -0.05) is 109 Å². The highest BCUT2D eigenvalue weighted by atomic mass is 14.4. The first kappa shape index (κ1) is 23.8. The lowest BCUT2D eigenvalue weighted by molar-refractivity contribution is 0.561. The smallest absolute Gasteiger partial charge is 0.0162 e. The third-order valence-electron chi connectivity index (χ3n) is 8.36. The Morgan fingerprint density at radius 1 is 0.848 bits per heavy atom. The largest absolute Gasteiger partial charge is 0.0654 e. The first-order valence-corrected chi connectivity index (χ1v) is 13.0. The average Bonchev–Trinajstić information content (AvgIpc) is 3.02. The molecule has 3 aromatic rings. The molecular weight excluding hydrogens is 396 g/mol. The summed E-state index contributed by atoms with van der Waals surface area (Å²) in [7, 11) is 0. The molecule has 4 rings (SSSR count). The van der Waals surface area contributed by atoms with Crippen LogP contribution in [0.1, 0.15) is 112 Å². The van der Waals surface area contributed by atoms with Crippen LogP contribution in [0.5, 0.6) is 0 Å². The van der Waals surface area contributed by atoms with Crippen molar-refractivity contribution in [2.75, 3.05) is 0 Å². The fraction of sp³-hybridized carbons (Fsp3) is 0.455. The fourth-order valence-electron chi connectivity index (χ4n) is 6.54. The van der Waals surface area contributed by atoms with Crippen molar-refractivity contribution in [2.45, 2.75) is 97.8 Å². The molecule has 0 aromatic heterocycles. The minimum atomic E-state index is -0.0715. The summed E-state index contributed by atoms with van der Waals surface area (Å²) in [6, 6.07) is 21.0. The molecule has 0 heteroatoms. The van der Waals surface area contributed by atoms with E-state index < -0.39 is 0 Å². The van der Waals surface area contributed by atoms with Gasteiger partial charge in [0.25, 0.3) is 0 Å². The average molecular weight is 439 g/mol. The third kappa shape index (κ3) is 3.86. The number of rotatable bonds is 7. The maximum Gasteiger partial charge on any atom is 0.0162 e. The van der Waals surface area contributed by atoms with Gasteiger partial charge < -0.3 is 0 Å². The van der Waals surface area contributed by atoms with E-state index in [9.17, 15) is 0 Å². The SMILES string of the molecule is CCCCC(CC)c1ccc(C)c(C(C)(C)c2c(C)ccc3c2C(C)(C)c2ccccc2-3)c1. The number of unbranched alkanes of at least 4 members (excludes halogenated alkanes) is 1. The van der Waals surface area contributed by atoms with Crippen LogP contribution >= 0.6 is 0 Å². The minimum Gasteiger partial charge on any atom is -0.0654 e. The van der Waals surface area contributed by atoms with Crippen LogP contribution in [0, 0.1) is 13.8 Å². The van der Waals surface area contributed by atoms with Crippen molar-refractivity contribution in [3.63, 3.8) is 0 Å². The second-order valence-corrected chi connectivity index (χ2v) is 11.3. The summed E-state index contributed by atoms with van der Waals surface area (Å²) < 4.78 is 0. The van der Waals surface area contributed by atoms with Gasteiger partial charge in [0.05, 0.1) is 0 Å². The predicted molar refractivity (Wildman–Crippen MR) is 145 cm³/mol. The zero-order chi connectivity index (χ0) is 24.0. The number of aryl methyl sites for hydroxylation is 2.